The van der Waals surface area contributed by atoms with Crippen LogP contribution in [0.5, 0.6) is 0 Å². The average Bonchev–Trinajstić information content (AvgIpc) is 2.75. The van der Waals surface area contributed by atoms with Crippen molar-refractivity contribution in [2.24, 2.45) is 5.41 Å². The fourth-order valence-corrected chi connectivity index (χ4v) is 3.09. The van der Waals surface area contributed by atoms with E-state index >= 15 is 0 Å². The van der Waals surface area contributed by atoms with Gasteiger partial charge in [-0.05, 0) is 37.5 Å². The minimum Gasteiger partial charge on any atom is -0.350 e. The highest BCUT2D eigenvalue weighted by Crippen LogP contribution is 2.26. The second kappa shape index (κ2) is 5.08. The van der Waals surface area contributed by atoms with Crippen molar-refractivity contribution in [3.63, 3.8) is 0 Å². The lowest BCUT2D eigenvalue weighted by Crippen LogP contribution is -2.32. The van der Waals surface area contributed by atoms with Crippen molar-refractivity contribution in [2.75, 3.05) is 6.54 Å². The van der Waals surface area contributed by atoms with Gasteiger partial charge in [-0.2, -0.15) is 0 Å². The summed E-state index contributed by atoms with van der Waals surface area (Å²) in [6, 6.07) is 0. The number of hydrogen-bond acceptors (Lipinski definition) is 2. The van der Waals surface area contributed by atoms with E-state index < -0.39 is 0 Å². The Labute approximate surface area is 120 Å². The molecule has 0 saturated carbocycles. The Morgan fingerprint density at radius 3 is 2.95 bits per heavy atom. The molecule has 0 fully saturated rings. The number of aromatic amines is 1. The number of hydrogen-bond donors (Lipinski definition) is 2. The van der Waals surface area contributed by atoms with Gasteiger partial charge in [0, 0.05) is 18.7 Å². The Morgan fingerprint density at radius 1 is 1.35 bits per heavy atom. The number of imidazole rings is 1. The molecule has 1 aromatic rings. The van der Waals surface area contributed by atoms with Gasteiger partial charge in [-0.25, -0.2) is 4.98 Å². The molecule has 2 N–H and O–H groups in total. The molecule has 4 heteroatoms. The molecule has 0 unspecified atom stereocenters. The molecule has 0 aromatic carbocycles. The van der Waals surface area contributed by atoms with Gasteiger partial charge in [0.2, 0.25) is 0 Å². The van der Waals surface area contributed by atoms with Crippen molar-refractivity contribution >= 4 is 5.91 Å². The summed E-state index contributed by atoms with van der Waals surface area (Å²) in [7, 11) is 0. The highest BCUT2D eigenvalue weighted by Gasteiger charge is 2.29. The number of carbonyl (C=O) groups excluding carboxylic acids is 1. The first-order valence-corrected chi connectivity index (χ1v) is 7.57. The van der Waals surface area contributed by atoms with Gasteiger partial charge in [0.1, 0.15) is 11.5 Å². The molecular formula is C16H23N3O. The molecule has 0 radical (unpaired) electrons. The van der Waals surface area contributed by atoms with Crippen LogP contribution < -0.4 is 5.32 Å². The highest BCUT2D eigenvalue weighted by molar-refractivity contribution is 5.93. The van der Waals surface area contributed by atoms with Gasteiger partial charge in [-0.15, -0.1) is 0 Å². The summed E-state index contributed by atoms with van der Waals surface area (Å²) in [6.45, 7) is 5.05. The van der Waals surface area contributed by atoms with E-state index in [4.69, 9.17) is 0 Å². The molecule has 2 aliphatic rings. The first-order valence-electron chi connectivity index (χ1n) is 7.57. The van der Waals surface area contributed by atoms with Crippen LogP contribution in [-0.4, -0.2) is 22.4 Å². The van der Waals surface area contributed by atoms with Crippen molar-refractivity contribution < 1.29 is 4.79 Å². The van der Waals surface area contributed by atoms with Crippen LogP contribution in [0, 0.1) is 5.41 Å². The van der Waals surface area contributed by atoms with Crippen LogP contribution >= 0.6 is 0 Å². The van der Waals surface area contributed by atoms with Crippen LogP contribution in [-0.2, 0) is 12.8 Å². The van der Waals surface area contributed by atoms with E-state index in [0.29, 0.717) is 12.2 Å². The molecule has 1 aliphatic carbocycles. The Morgan fingerprint density at radius 2 is 2.20 bits per heavy atom. The molecule has 108 valence electrons. The molecule has 0 atom stereocenters. The first-order chi connectivity index (χ1) is 9.53. The van der Waals surface area contributed by atoms with E-state index in [9.17, 15) is 4.79 Å². The first kappa shape index (κ1) is 13.4. The van der Waals surface area contributed by atoms with Crippen LogP contribution in [0.15, 0.2) is 11.6 Å². The number of amides is 1. The molecule has 0 saturated heterocycles. The second-order valence-electron chi connectivity index (χ2n) is 6.82. The van der Waals surface area contributed by atoms with Gasteiger partial charge < -0.3 is 10.3 Å². The number of fused-ring (bicyclic) bond motifs is 1. The van der Waals surface area contributed by atoms with Crippen molar-refractivity contribution in [1.29, 1.82) is 0 Å². The van der Waals surface area contributed by atoms with Crippen LogP contribution in [0.25, 0.3) is 0 Å². The third kappa shape index (κ3) is 2.79. The number of H-pyrrole nitrogens is 1. The summed E-state index contributed by atoms with van der Waals surface area (Å²) in [5.41, 5.74) is 3.13. The largest absolute Gasteiger partial charge is 0.350 e. The third-order valence-corrected chi connectivity index (χ3v) is 4.21. The highest BCUT2D eigenvalue weighted by atomic mass is 16.1. The third-order valence-electron chi connectivity index (χ3n) is 4.21. The van der Waals surface area contributed by atoms with Crippen molar-refractivity contribution in [1.82, 2.24) is 15.3 Å². The molecule has 20 heavy (non-hydrogen) atoms. The maximum absolute atomic E-state index is 12.1. The zero-order valence-electron chi connectivity index (χ0n) is 12.4. The van der Waals surface area contributed by atoms with Gasteiger partial charge in [0.15, 0.2) is 0 Å². The summed E-state index contributed by atoms with van der Waals surface area (Å²) < 4.78 is 0. The topological polar surface area (TPSA) is 57.8 Å². The zero-order valence-corrected chi connectivity index (χ0v) is 12.4. The number of nitrogens with zero attached hydrogens (tertiary/aromatic N) is 1. The Balaban J connectivity index is 1.84. The fourth-order valence-electron chi connectivity index (χ4n) is 3.09. The fraction of sp³-hybridized carbons (Fsp3) is 0.625. The van der Waals surface area contributed by atoms with E-state index in [1.807, 2.05) is 0 Å². The lowest BCUT2D eigenvalue weighted by molar-refractivity contribution is 0.0940. The van der Waals surface area contributed by atoms with E-state index in [1.165, 1.54) is 31.3 Å². The van der Waals surface area contributed by atoms with Crippen molar-refractivity contribution in [2.45, 2.75) is 52.4 Å². The van der Waals surface area contributed by atoms with Gasteiger partial charge in [-0.1, -0.05) is 25.5 Å². The normalized spacial score (nSPS) is 21.7. The predicted molar refractivity (Wildman–Crippen MR) is 78.7 cm³/mol. The van der Waals surface area contributed by atoms with E-state index in [2.05, 4.69) is 35.2 Å². The predicted octanol–water partition coefficient (Wildman–Crippen LogP) is 2.76. The minimum absolute atomic E-state index is 0.0364. The SMILES string of the molecule is CC1(C)CNC(=O)c2nc(CC3=CCCCC3)[nH]c2C1. The van der Waals surface area contributed by atoms with E-state index in [-0.39, 0.29) is 11.3 Å². The van der Waals surface area contributed by atoms with Gasteiger partial charge in [-0.3, -0.25) is 4.79 Å². The number of aromatic nitrogens is 2. The van der Waals surface area contributed by atoms with Gasteiger partial charge >= 0.3 is 0 Å². The smallest absolute Gasteiger partial charge is 0.271 e. The Bertz CT molecular complexity index is 554. The van der Waals surface area contributed by atoms with Crippen LogP contribution in [0.2, 0.25) is 0 Å². The second-order valence-corrected chi connectivity index (χ2v) is 6.82. The van der Waals surface area contributed by atoms with E-state index in [1.54, 1.807) is 0 Å². The molecule has 0 spiro atoms. The van der Waals surface area contributed by atoms with Gasteiger partial charge in [0.05, 0.1) is 0 Å². The number of allylic oxidation sites excluding steroid dienone is 2. The maximum Gasteiger partial charge on any atom is 0.271 e. The zero-order chi connectivity index (χ0) is 14.2. The molecule has 1 amide bonds. The molecular weight excluding hydrogens is 250 g/mol. The standard InChI is InChI=1S/C16H23N3O/c1-16(2)9-12-14(15(20)17-10-16)19-13(18-12)8-11-6-4-3-5-7-11/h6H,3-5,7-10H2,1-2H3,(H,17,20)(H,18,19). The molecule has 1 aliphatic heterocycles. The maximum atomic E-state index is 12.1. The Hall–Kier alpha value is -1.58. The lowest BCUT2D eigenvalue weighted by atomic mass is 9.88. The summed E-state index contributed by atoms with van der Waals surface area (Å²) in [5.74, 6) is 0.904. The summed E-state index contributed by atoms with van der Waals surface area (Å²) in [4.78, 5) is 20.0. The molecule has 1 aromatic heterocycles. The summed E-state index contributed by atoms with van der Waals surface area (Å²) in [5, 5.41) is 2.97. The summed E-state index contributed by atoms with van der Waals surface area (Å²) >= 11 is 0. The van der Waals surface area contributed by atoms with E-state index in [0.717, 1.165) is 24.4 Å². The molecule has 2 heterocycles. The molecule has 4 nitrogen and oxygen atoms in total. The van der Waals surface area contributed by atoms with Crippen LogP contribution in [0.4, 0.5) is 0 Å². The number of nitrogens with one attached hydrogen (secondary N) is 2. The minimum atomic E-state index is -0.0364. The Kier molecular flexibility index (Phi) is 3.40. The quantitative estimate of drug-likeness (QED) is 0.814. The monoisotopic (exact) mass is 273 g/mol. The van der Waals surface area contributed by atoms with Crippen molar-refractivity contribution in [3.8, 4) is 0 Å². The molecule has 3 rings (SSSR count). The number of carbonyl (C=O) groups is 1. The van der Waals surface area contributed by atoms with Crippen LogP contribution in [0.3, 0.4) is 0 Å². The van der Waals surface area contributed by atoms with Gasteiger partial charge in [0.25, 0.3) is 5.91 Å². The summed E-state index contributed by atoms with van der Waals surface area (Å²) in [6.07, 6.45) is 9.00. The van der Waals surface area contributed by atoms with Crippen LogP contribution in [0.1, 0.15) is 61.5 Å². The average molecular weight is 273 g/mol. The molecule has 0 bridgehead atoms. The number of rotatable bonds is 2. The lowest BCUT2D eigenvalue weighted by Gasteiger charge is -2.21. The van der Waals surface area contributed by atoms with Crippen molar-refractivity contribution in [3.05, 3.63) is 28.9 Å².